The summed E-state index contributed by atoms with van der Waals surface area (Å²) >= 11 is 13.2. The van der Waals surface area contributed by atoms with Crippen molar-refractivity contribution in [2.24, 2.45) is 0 Å². The van der Waals surface area contributed by atoms with Gasteiger partial charge in [-0.05, 0) is 58.5 Å². The van der Waals surface area contributed by atoms with Gasteiger partial charge < -0.3 is 15.1 Å². The van der Waals surface area contributed by atoms with Gasteiger partial charge in [0.1, 0.15) is 0 Å². The minimum atomic E-state index is -0.318. The van der Waals surface area contributed by atoms with Crippen LogP contribution in [0.15, 0.2) is 30.6 Å². The summed E-state index contributed by atoms with van der Waals surface area (Å²) in [5.74, 6) is -0.0711. The van der Waals surface area contributed by atoms with E-state index >= 15 is 0 Å². The molecule has 1 aromatic carbocycles. The molecule has 2 heterocycles. The second kappa shape index (κ2) is 9.98. The first kappa shape index (κ1) is 23.5. The highest BCUT2D eigenvalue weighted by Crippen LogP contribution is 2.38. The van der Waals surface area contributed by atoms with Gasteiger partial charge in [0, 0.05) is 42.2 Å². The van der Waals surface area contributed by atoms with Gasteiger partial charge in [-0.3, -0.25) is 9.78 Å². The van der Waals surface area contributed by atoms with E-state index < -0.39 is 0 Å². The molecule has 1 aliphatic heterocycles. The van der Waals surface area contributed by atoms with E-state index in [1.807, 2.05) is 26.1 Å². The van der Waals surface area contributed by atoms with Gasteiger partial charge in [0.05, 0.1) is 16.1 Å². The largest absolute Gasteiger partial charge is 0.331 e. The number of amides is 2. The average molecular weight is 463 g/mol. The van der Waals surface area contributed by atoms with Crippen LogP contribution in [0.2, 0.25) is 10.0 Å². The number of urea groups is 1. The smallest absolute Gasteiger partial charge is 0.317 e. The molecule has 1 aliphatic rings. The Hall–Kier alpha value is -2.15. The molecule has 31 heavy (non-hydrogen) atoms. The minimum Gasteiger partial charge on any atom is -0.331 e. The summed E-state index contributed by atoms with van der Waals surface area (Å²) in [6, 6.07) is 5.22. The van der Waals surface area contributed by atoms with Crippen LogP contribution in [0.3, 0.4) is 0 Å². The van der Waals surface area contributed by atoms with Gasteiger partial charge in [0.2, 0.25) is 0 Å². The Morgan fingerprint density at radius 1 is 1.19 bits per heavy atom. The fraction of sp³-hybridized carbons (Fsp3) is 0.435. The van der Waals surface area contributed by atoms with E-state index in [9.17, 15) is 9.59 Å². The van der Waals surface area contributed by atoms with Gasteiger partial charge in [-0.15, -0.1) is 0 Å². The van der Waals surface area contributed by atoms with Gasteiger partial charge in [-0.1, -0.05) is 35.3 Å². The number of likely N-dealkylation sites (tertiary alicyclic amines) is 1. The summed E-state index contributed by atoms with van der Waals surface area (Å²) in [7, 11) is 3.94. The van der Waals surface area contributed by atoms with Crippen LogP contribution in [-0.2, 0) is 0 Å². The number of piperidine rings is 1. The van der Waals surface area contributed by atoms with Crippen LogP contribution in [0.1, 0.15) is 48.7 Å². The molecule has 2 amide bonds. The summed E-state index contributed by atoms with van der Waals surface area (Å²) in [4.78, 5) is 32.6. The van der Waals surface area contributed by atoms with Gasteiger partial charge >= 0.3 is 6.03 Å². The Balaban J connectivity index is 1.75. The number of ketones is 1. The molecule has 1 N–H and O–H groups in total. The molecule has 1 unspecified atom stereocenters. The second-order valence-electron chi connectivity index (χ2n) is 8.17. The van der Waals surface area contributed by atoms with Gasteiger partial charge in [0.25, 0.3) is 0 Å². The molecule has 2 aromatic rings. The number of hydrogen-bond acceptors (Lipinski definition) is 4. The van der Waals surface area contributed by atoms with Crippen molar-refractivity contribution >= 4 is 35.0 Å². The molecule has 0 saturated carbocycles. The van der Waals surface area contributed by atoms with Crippen molar-refractivity contribution in [3.63, 3.8) is 0 Å². The summed E-state index contributed by atoms with van der Waals surface area (Å²) in [5.41, 5.74) is 2.64. The van der Waals surface area contributed by atoms with E-state index in [-0.39, 0.29) is 23.9 Å². The second-order valence-corrected chi connectivity index (χ2v) is 8.92. The molecule has 1 aromatic heterocycles. The number of carbonyl (C=O) groups excluding carboxylic acids is 2. The number of pyridine rings is 1. The molecule has 0 radical (unpaired) electrons. The zero-order valence-electron chi connectivity index (χ0n) is 18.3. The lowest BCUT2D eigenvalue weighted by molar-refractivity contribution is 0.101. The highest BCUT2D eigenvalue weighted by atomic mass is 35.5. The molecular formula is C23H28Cl2N4O2. The summed E-state index contributed by atoms with van der Waals surface area (Å²) in [6.45, 7) is 5.35. The van der Waals surface area contributed by atoms with Crippen LogP contribution < -0.4 is 5.32 Å². The van der Waals surface area contributed by atoms with Gasteiger partial charge in [0.15, 0.2) is 5.78 Å². The van der Waals surface area contributed by atoms with E-state index in [1.165, 1.54) is 13.1 Å². The number of nitrogens with zero attached hydrogens (tertiary/aromatic N) is 3. The Morgan fingerprint density at radius 2 is 1.87 bits per heavy atom. The van der Waals surface area contributed by atoms with Crippen LogP contribution in [-0.4, -0.2) is 59.8 Å². The van der Waals surface area contributed by atoms with Gasteiger partial charge in [-0.25, -0.2) is 4.79 Å². The molecule has 1 fully saturated rings. The number of halogens is 2. The normalized spacial score (nSPS) is 16.1. The molecule has 1 atom stereocenters. The SMILES string of the molecule is CC(=O)c1cncc(-c2ccc(C(C)NC(=O)N(C)C3CCN(C)CC3)c(Cl)c2Cl)c1. The van der Waals surface area contributed by atoms with Crippen LogP contribution in [0.5, 0.6) is 0 Å². The number of nitrogens with one attached hydrogen (secondary N) is 1. The van der Waals surface area contributed by atoms with Crippen molar-refractivity contribution in [1.29, 1.82) is 0 Å². The molecule has 1 saturated heterocycles. The Bertz CT molecular complexity index is 974. The molecule has 8 heteroatoms. The van der Waals surface area contributed by atoms with Crippen LogP contribution in [0, 0.1) is 0 Å². The Morgan fingerprint density at radius 3 is 2.52 bits per heavy atom. The van der Waals surface area contributed by atoms with E-state index in [2.05, 4.69) is 22.2 Å². The third kappa shape index (κ3) is 5.37. The van der Waals surface area contributed by atoms with Crippen LogP contribution in [0.25, 0.3) is 11.1 Å². The van der Waals surface area contributed by atoms with Gasteiger partial charge in [-0.2, -0.15) is 0 Å². The minimum absolute atomic E-state index is 0.0711. The number of rotatable bonds is 5. The summed E-state index contributed by atoms with van der Waals surface area (Å²) in [5, 5.41) is 3.77. The highest BCUT2D eigenvalue weighted by Gasteiger charge is 2.25. The zero-order chi connectivity index (χ0) is 22.7. The van der Waals surface area contributed by atoms with Crippen molar-refractivity contribution in [2.45, 2.75) is 38.8 Å². The molecule has 0 bridgehead atoms. The number of carbonyl (C=O) groups is 2. The van der Waals surface area contributed by atoms with Crippen molar-refractivity contribution in [1.82, 2.24) is 20.1 Å². The fourth-order valence-electron chi connectivity index (χ4n) is 3.81. The van der Waals surface area contributed by atoms with Crippen molar-refractivity contribution in [3.8, 4) is 11.1 Å². The molecule has 3 rings (SSSR count). The van der Waals surface area contributed by atoms with Crippen LogP contribution >= 0.6 is 23.2 Å². The maximum Gasteiger partial charge on any atom is 0.317 e. The number of aromatic nitrogens is 1. The zero-order valence-corrected chi connectivity index (χ0v) is 19.8. The van der Waals surface area contributed by atoms with Crippen molar-refractivity contribution in [3.05, 3.63) is 51.8 Å². The summed E-state index contributed by atoms with van der Waals surface area (Å²) in [6.07, 6.45) is 5.09. The van der Waals surface area contributed by atoms with E-state index in [4.69, 9.17) is 23.2 Å². The van der Waals surface area contributed by atoms with Crippen molar-refractivity contribution < 1.29 is 9.59 Å². The quantitative estimate of drug-likeness (QED) is 0.630. The van der Waals surface area contributed by atoms with E-state index in [0.717, 1.165) is 31.5 Å². The maximum atomic E-state index is 12.8. The molecule has 0 spiro atoms. The van der Waals surface area contributed by atoms with E-state index in [0.29, 0.717) is 26.7 Å². The number of hydrogen-bond donors (Lipinski definition) is 1. The Kier molecular flexibility index (Phi) is 7.57. The number of Topliss-reactive ketones (excluding diaryl/α,β-unsaturated/α-hetero) is 1. The Labute approximate surface area is 193 Å². The predicted molar refractivity (Wildman–Crippen MR) is 125 cm³/mol. The maximum absolute atomic E-state index is 12.8. The van der Waals surface area contributed by atoms with Crippen molar-refractivity contribution in [2.75, 3.05) is 27.2 Å². The average Bonchev–Trinajstić information content (AvgIpc) is 2.75. The lowest BCUT2D eigenvalue weighted by atomic mass is 10.0. The molecular weight excluding hydrogens is 435 g/mol. The first-order chi connectivity index (χ1) is 14.7. The number of benzene rings is 1. The van der Waals surface area contributed by atoms with E-state index in [1.54, 1.807) is 17.2 Å². The highest BCUT2D eigenvalue weighted by molar-refractivity contribution is 6.44. The third-order valence-corrected chi connectivity index (χ3v) is 6.83. The topological polar surface area (TPSA) is 65.5 Å². The lowest BCUT2D eigenvalue weighted by Gasteiger charge is -2.35. The first-order valence-electron chi connectivity index (χ1n) is 10.3. The van der Waals surface area contributed by atoms with Crippen LogP contribution in [0.4, 0.5) is 4.79 Å². The first-order valence-corrected chi connectivity index (χ1v) is 11.1. The lowest BCUT2D eigenvalue weighted by Crippen LogP contribution is -2.48. The molecule has 0 aliphatic carbocycles. The molecule has 6 nitrogen and oxygen atoms in total. The monoisotopic (exact) mass is 462 g/mol. The fourth-order valence-corrected chi connectivity index (χ4v) is 4.42. The summed E-state index contributed by atoms with van der Waals surface area (Å²) < 4.78 is 0. The predicted octanol–water partition coefficient (Wildman–Crippen LogP) is 5.05. The third-order valence-electron chi connectivity index (χ3n) is 5.93. The standard InChI is InChI=1S/C23H28Cl2N4O2/c1-14(27-23(31)29(4)18-7-9-28(3)10-8-18)19-5-6-20(22(25)21(19)24)17-11-16(15(2)30)12-26-13-17/h5-6,11-14,18H,7-10H2,1-4H3,(H,27,31). The molecule has 166 valence electrons.